The van der Waals surface area contributed by atoms with Crippen LogP contribution in [0.3, 0.4) is 0 Å². The third-order valence-corrected chi connectivity index (χ3v) is 4.32. The lowest BCUT2D eigenvalue weighted by atomic mass is 10.1. The minimum atomic E-state index is 0.0550. The number of aromatic nitrogens is 1. The molecule has 0 bridgehead atoms. The Morgan fingerprint density at radius 3 is 2.42 bits per heavy atom. The minimum absolute atomic E-state index is 0.0550. The molecule has 4 nitrogen and oxygen atoms in total. The maximum absolute atomic E-state index is 6.00. The van der Waals surface area contributed by atoms with Gasteiger partial charge in [-0.15, -0.1) is 0 Å². The van der Waals surface area contributed by atoms with Gasteiger partial charge in [-0.1, -0.05) is 6.92 Å². The van der Waals surface area contributed by atoms with Gasteiger partial charge >= 0.3 is 0 Å². The molecule has 1 aromatic heterocycles. The summed E-state index contributed by atoms with van der Waals surface area (Å²) in [7, 11) is 2.20. The van der Waals surface area contributed by atoms with E-state index < -0.39 is 0 Å². The van der Waals surface area contributed by atoms with Crippen molar-refractivity contribution in [1.29, 1.82) is 0 Å². The molecule has 4 heteroatoms. The summed E-state index contributed by atoms with van der Waals surface area (Å²) in [5, 5.41) is 0. The highest BCUT2D eigenvalue weighted by Gasteiger charge is 2.26. The second kappa shape index (κ2) is 5.88. The summed E-state index contributed by atoms with van der Waals surface area (Å²) >= 11 is 0. The molecule has 1 saturated heterocycles. The Hall–Kier alpha value is -1.13. The second-order valence-electron chi connectivity index (χ2n) is 5.72. The molecule has 1 fully saturated rings. The Kier molecular flexibility index (Phi) is 4.42. The summed E-state index contributed by atoms with van der Waals surface area (Å²) in [6.45, 7) is 8.75. The van der Waals surface area contributed by atoms with Crippen molar-refractivity contribution in [3.63, 3.8) is 0 Å². The van der Waals surface area contributed by atoms with E-state index in [9.17, 15) is 0 Å². The van der Waals surface area contributed by atoms with E-state index in [0.717, 1.165) is 25.2 Å². The Morgan fingerprint density at radius 2 is 1.95 bits per heavy atom. The van der Waals surface area contributed by atoms with E-state index in [1.54, 1.807) is 0 Å². The van der Waals surface area contributed by atoms with E-state index in [1.165, 1.54) is 5.69 Å². The van der Waals surface area contributed by atoms with Crippen molar-refractivity contribution in [2.75, 3.05) is 25.0 Å². The zero-order chi connectivity index (χ0) is 14.0. The van der Waals surface area contributed by atoms with Crippen molar-refractivity contribution in [3.8, 4) is 0 Å². The standard InChI is InChI=1S/C15H26N4/c1-5-14(16)15-7-6-13(8-17-15)19-9-11(2)18(4)12(3)10-19/h6-8,11-12,14H,5,9-10,16H2,1-4H3/t11?,12?,14-/m1/s1. The molecule has 2 rings (SSSR count). The fourth-order valence-corrected chi connectivity index (χ4v) is 2.63. The summed E-state index contributed by atoms with van der Waals surface area (Å²) in [5.74, 6) is 0. The van der Waals surface area contributed by atoms with Crippen LogP contribution in [0.15, 0.2) is 18.3 Å². The lowest BCUT2D eigenvalue weighted by molar-refractivity contribution is 0.170. The van der Waals surface area contributed by atoms with E-state index in [1.807, 2.05) is 6.20 Å². The molecule has 0 saturated carbocycles. The van der Waals surface area contributed by atoms with Crippen LogP contribution in [0.1, 0.15) is 38.9 Å². The number of likely N-dealkylation sites (N-methyl/N-ethyl adjacent to an activating group) is 1. The van der Waals surface area contributed by atoms with Crippen molar-refractivity contribution < 1.29 is 0 Å². The number of hydrogen-bond acceptors (Lipinski definition) is 4. The van der Waals surface area contributed by atoms with Gasteiger partial charge in [0, 0.05) is 31.2 Å². The zero-order valence-corrected chi connectivity index (χ0v) is 12.5. The van der Waals surface area contributed by atoms with Gasteiger partial charge in [-0.05, 0) is 39.4 Å². The Balaban J connectivity index is 2.10. The molecule has 0 spiro atoms. The molecule has 2 heterocycles. The van der Waals surface area contributed by atoms with Gasteiger partial charge in [0.15, 0.2) is 0 Å². The molecule has 2 unspecified atom stereocenters. The maximum atomic E-state index is 6.00. The van der Waals surface area contributed by atoms with Crippen molar-refractivity contribution in [2.45, 2.75) is 45.3 Å². The first-order chi connectivity index (χ1) is 9.02. The van der Waals surface area contributed by atoms with E-state index in [2.05, 4.69) is 54.7 Å². The minimum Gasteiger partial charge on any atom is -0.367 e. The maximum Gasteiger partial charge on any atom is 0.0572 e. The molecular weight excluding hydrogens is 236 g/mol. The van der Waals surface area contributed by atoms with Crippen molar-refractivity contribution >= 4 is 5.69 Å². The van der Waals surface area contributed by atoms with Gasteiger partial charge in [0.25, 0.3) is 0 Å². The highest BCUT2D eigenvalue weighted by atomic mass is 15.3. The summed E-state index contributed by atoms with van der Waals surface area (Å²) < 4.78 is 0. The smallest absolute Gasteiger partial charge is 0.0572 e. The highest BCUT2D eigenvalue weighted by molar-refractivity contribution is 5.45. The molecule has 0 amide bonds. The fourth-order valence-electron chi connectivity index (χ4n) is 2.63. The summed E-state index contributed by atoms with van der Waals surface area (Å²) in [4.78, 5) is 9.37. The quantitative estimate of drug-likeness (QED) is 0.905. The first-order valence-electron chi connectivity index (χ1n) is 7.21. The van der Waals surface area contributed by atoms with Crippen LogP contribution in [-0.4, -0.2) is 42.1 Å². The Labute approximate surface area is 116 Å². The number of piperazine rings is 1. The molecular formula is C15H26N4. The van der Waals surface area contributed by atoms with Crippen LogP contribution < -0.4 is 10.6 Å². The summed E-state index contributed by atoms with van der Waals surface area (Å²) in [5.41, 5.74) is 8.20. The van der Waals surface area contributed by atoms with Gasteiger partial charge in [-0.3, -0.25) is 9.88 Å². The fraction of sp³-hybridized carbons (Fsp3) is 0.667. The van der Waals surface area contributed by atoms with Crippen LogP contribution in [0.25, 0.3) is 0 Å². The molecule has 0 aromatic carbocycles. The first-order valence-corrected chi connectivity index (χ1v) is 7.21. The van der Waals surface area contributed by atoms with Crippen LogP contribution in [0.2, 0.25) is 0 Å². The van der Waals surface area contributed by atoms with Crippen LogP contribution in [0.5, 0.6) is 0 Å². The van der Waals surface area contributed by atoms with Gasteiger partial charge in [0.1, 0.15) is 0 Å². The lowest BCUT2D eigenvalue weighted by Crippen LogP contribution is -2.55. The van der Waals surface area contributed by atoms with Crippen molar-refractivity contribution in [1.82, 2.24) is 9.88 Å². The van der Waals surface area contributed by atoms with Crippen LogP contribution in [0.4, 0.5) is 5.69 Å². The third-order valence-electron chi connectivity index (χ3n) is 4.32. The molecule has 106 valence electrons. The van der Waals surface area contributed by atoms with Gasteiger partial charge in [0.05, 0.1) is 17.6 Å². The number of nitrogens with two attached hydrogens (primary N) is 1. The Bertz CT molecular complexity index is 391. The SMILES string of the molecule is CC[C@@H](N)c1ccc(N2CC(C)N(C)C(C)C2)cn1. The van der Waals surface area contributed by atoms with Crippen molar-refractivity contribution in [2.24, 2.45) is 5.73 Å². The zero-order valence-electron chi connectivity index (χ0n) is 12.5. The van der Waals surface area contributed by atoms with Gasteiger partial charge < -0.3 is 10.6 Å². The second-order valence-corrected chi connectivity index (χ2v) is 5.72. The lowest BCUT2D eigenvalue weighted by Gasteiger charge is -2.43. The molecule has 3 atom stereocenters. The predicted molar refractivity (Wildman–Crippen MR) is 80.4 cm³/mol. The molecule has 0 aliphatic carbocycles. The molecule has 1 aliphatic rings. The topological polar surface area (TPSA) is 45.4 Å². The van der Waals surface area contributed by atoms with E-state index in [0.29, 0.717) is 12.1 Å². The van der Waals surface area contributed by atoms with E-state index in [-0.39, 0.29) is 6.04 Å². The number of pyridine rings is 1. The number of hydrogen-bond donors (Lipinski definition) is 1. The number of nitrogens with zero attached hydrogens (tertiary/aromatic N) is 3. The highest BCUT2D eigenvalue weighted by Crippen LogP contribution is 2.22. The first kappa shape index (κ1) is 14.3. The Morgan fingerprint density at radius 1 is 1.32 bits per heavy atom. The molecule has 0 radical (unpaired) electrons. The number of anilines is 1. The van der Waals surface area contributed by atoms with E-state index in [4.69, 9.17) is 5.73 Å². The van der Waals surface area contributed by atoms with Crippen LogP contribution in [-0.2, 0) is 0 Å². The van der Waals surface area contributed by atoms with Gasteiger partial charge in [-0.2, -0.15) is 0 Å². The van der Waals surface area contributed by atoms with Crippen LogP contribution >= 0.6 is 0 Å². The molecule has 1 aromatic rings. The van der Waals surface area contributed by atoms with Crippen LogP contribution in [0, 0.1) is 0 Å². The third kappa shape index (κ3) is 3.07. The van der Waals surface area contributed by atoms with Gasteiger partial charge in [-0.25, -0.2) is 0 Å². The van der Waals surface area contributed by atoms with Crippen molar-refractivity contribution in [3.05, 3.63) is 24.0 Å². The normalized spacial score (nSPS) is 26.5. The molecule has 2 N–H and O–H groups in total. The average molecular weight is 262 g/mol. The largest absolute Gasteiger partial charge is 0.367 e. The van der Waals surface area contributed by atoms with Gasteiger partial charge in [0.2, 0.25) is 0 Å². The monoisotopic (exact) mass is 262 g/mol. The summed E-state index contributed by atoms with van der Waals surface area (Å²) in [6.07, 6.45) is 2.89. The molecule has 1 aliphatic heterocycles. The summed E-state index contributed by atoms with van der Waals surface area (Å²) in [6, 6.07) is 5.42. The molecule has 19 heavy (non-hydrogen) atoms. The predicted octanol–water partition coefficient (Wildman–Crippen LogP) is 2.02. The van der Waals surface area contributed by atoms with E-state index >= 15 is 0 Å². The average Bonchev–Trinajstić information content (AvgIpc) is 2.43. The number of rotatable bonds is 3.